The highest BCUT2D eigenvalue weighted by atomic mass is 19.1. The highest BCUT2D eigenvalue weighted by Gasteiger charge is 2.33. The second kappa shape index (κ2) is 8.09. The van der Waals surface area contributed by atoms with E-state index < -0.39 is 18.0 Å². The molecule has 2 aromatic heterocycles. The van der Waals surface area contributed by atoms with Crippen LogP contribution < -0.4 is 10.2 Å². The summed E-state index contributed by atoms with van der Waals surface area (Å²) in [6.07, 6.45) is 0.467. The van der Waals surface area contributed by atoms with Gasteiger partial charge in [0.15, 0.2) is 0 Å². The number of carbonyl (C=O) groups excluding carboxylic acids is 2. The van der Waals surface area contributed by atoms with Crippen molar-refractivity contribution in [3.63, 3.8) is 0 Å². The molecule has 1 aromatic carbocycles. The lowest BCUT2D eigenvalue weighted by Crippen LogP contribution is -2.33. The summed E-state index contributed by atoms with van der Waals surface area (Å²) in [7, 11) is 1.66. The second-order valence-corrected chi connectivity index (χ2v) is 7.21. The number of pyridine rings is 1. The second-order valence-electron chi connectivity index (χ2n) is 7.21. The first-order valence-corrected chi connectivity index (χ1v) is 9.55. The van der Waals surface area contributed by atoms with Crippen LogP contribution in [0.1, 0.15) is 12.5 Å². The van der Waals surface area contributed by atoms with Crippen molar-refractivity contribution in [2.24, 2.45) is 7.05 Å². The number of ether oxygens (including phenoxy) is 1. The van der Waals surface area contributed by atoms with Crippen molar-refractivity contribution < 1.29 is 18.7 Å². The molecule has 1 aliphatic heterocycles. The molecule has 1 atom stereocenters. The van der Waals surface area contributed by atoms with Crippen LogP contribution in [0.3, 0.4) is 0 Å². The molecule has 1 unspecified atom stereocenters. The molecule has 160 valence electrons. The lowest BCUT2D eigenvalue weighted by molar-refractivity contribution is -0.119. The molecule has 1 N–H and O–H groups in total. The van der Waals surface area contributed by atoms with Gasteiger partial charge >= 0.3 is 6.09 Å². The van der Waals surface area contributed by atoms with Crippen LogP contribution in [-0.2, 0) is 16.6 Å². The van der Waals surface area contributed by atoms with Gasteiger partial charge in [-0.3, -0.25) is 14.7 Å². The highest BCUT2D eigenvalue weighted by Crippen LogP contribution is 2.32. The van der Waals surface area contributed by atoms with Crippen molar-refractivity contribution >= 4 is 17.7 Å². The number of tetrazole rings is 1. The normalized spacial score (nSPS) is 15.8. The van der Waals surface area contributed by atoms with Gasteiger partial charge in [0.05, 0.1) is 25.8 Å². The number of nitrogens with zero attached hydrogens (tertiary/aromatic N) is 6. The zero-order valence-corrected chi connectivity index (χ0v) is 17.2. The maximum absolute atomic E-state index is 15.0. The number of cyclic esters (lactones) is 1. The smallest absolute Gasteiger partial charge is 0.414 e. The van der Waals surface area contributed by atoms with Crippen LogP contribution >= 0.6 is 0 Å². The van der Waals surface area contributed by atoms with Gasteiger partial charge in [0.25, 0.3) is 0 Å². The Morgan fingerprint density at radius 1 is 1.35 bits per heavy atom. The van der Waals surface area contributed by atoms with E-state index in [0.29, 0.717) is 33.9 Å². The average Bonchev–Trinajstić information content (AvgIpc) is 3.33. The van der Waals surface area contributed by atoms with Crippen LogP contribution in [0, 0.1) is 12.7 Å². The molecule has 4 rings (SSSR count). The Bertz CT molecular complexity index is 1150. The van der Waals surface area contributed by atoms with E-state index in [4.69, 9.17) is 4.74 Å². The van der Waals surface area contributed by atoms with Gasteiger partial charge < -0.3 is 10.1 Å². The van der Waals surface area contributed by atoms with E-state index in [9.17, 15) is 14.0 Å². The van der Waals surface area contributed by atoms with Crippen molar-refractivity contribution in [3.05, 3.63) is 41.8 Å². The van der Waals surface area contributed by atoms with E-state index in [1.165, 1.54) is 28.9 Å². The van der Waals surface area contributed by atoms with Gasteiger partial charge in [-0.05, 0) is 35.9 Å². The molecule has 0 radical (unpaired) electrons. The number of hydrogen-bond donors (Lipinski definition) is 1. The van der Waals surface area contributed by atoms with E-state index in [-0.39, 0.29) is 19.0 Å². The molecule has 3 aromatic rings. The van der Waals surface area contributed by atoms with Crippen molar-refractivity contribution in [2.45, 2.75) is 20.0 Å². The topological polar surface area (TPSA) is 115 Å². The number of aryl methyl sites for hydroxylation is 2. The molecule has 31 heavy (non-hydrogen) atoms. The van der Waals surface area contributed by atoms with Crippen LogP contribution in [0.5, 0.6) is 0 Å². The molecular weight excluding hydrogens is 405 g/mol. The number of carbonyl (C=O) groups is 2. The number of halogens is 1. The summed E-state index contributed by atoms with van der Waals surface area (Å²) in [5.41, 5.74) is 2.58. The number of aromatic nitrogens is 5. The summed E-state index contributed by atoms with van der Waals surface area (Å²) >= 11 is 0. The number of rotatable bonds is 5. The maximum Gasteiger partial charge on any atom is 0.414 e. The molecular formula is C20H20FN7O3. The largest absolute Gasteiger partial charge is 0.442 e. The minimum atomic E-state index is -0.576. The molecule has 0 spiro atoms. The van der Waals surface area contributed by atoms with Gasteiger partial charge in [-0.1, -0.05) is 6.07 Å². The fraction of sp³-hybridized carbons (Fsp3) is 0.300. The Labute approximate surface area is 177 Å². The fourth-order valence-corrected chi connectivity index (χ4v) is 3.34. The average molecular weight is 425 g/mol. The van der Waals surface area contributed by atoms with Crippen molar-refractivity contribution in [2.75, 3.05) is 18.0 Å². The number of amides is 2. The van der Waals surface area contributed by atoms with E-state index in [1.54, 1.807) is 32.2 Å². The van der Waals surface area contributed by atoms with Gasteiger partial charge in [-0.25, -0.2) is 9.18 Å². The number of benzene rings is 1. The lowest BCUT2D eigenvalue weighted by atomic mass is 10.0. The summed E-state index contributed by atoms with van der Waals surface area (Å²) in [6.45, 7) is 3.60. The number of hydrogen-bond acceptors (Lipinski definition) is 7. The third-order valence-corrected chi connectivity index (χ3v) is 4.84. The van der Waals surface area contributed by atoms with Gasteiger partial charge in [0, 0.05) is 24.2 Å². The van der Waals surface area contributed by atoms with Gasteiger partial charge in [0.1, 0.15) is 17.6 Å². The van der Waals surface area contributed by atoms with E-state index in [0.717, 1.165) is 0 Å². The van der Waals surface area contributed by atoms with Crippen molar-refractivity contribution in [3.8, 4) is 22.6 Å². The van der Waals surface area contributed by atoms with Crippen LogP contribution in [0.15, 0.2) is 30.5 Å². The minimum Gasteiger partial charge on any atom is -0.442 e. The highest BCUT2D eigenvalue weighted by molar-refractivity contribution is 5.91. The first-order valence-electron chi connectivity index (χ1n) is 9.55. The molecule has 10 nitrogen and oxygen atoms in total. The number of nitrogens with one attached hydrogen (secondary N) is 1. The molecule has 1 saturated heterocycles. The van der Waals surface area contributed by atoms with Crippen molar-refractivity contribution in [1.29, 1.82) is 0 Å². The van der Waals surface area contributed by atoms with E-state index in [2.05, 4.69) is 25.7 Å². The SMILES string of the molecule is CC(=O)NCC1CN(c2cc(F)c(-c3ccc(-c4nnn(C)n4)nc3)cc2C)C(=O)O1. The zero-order valence-electron chi connectivity index (χ0n) is 17.2. The Kier molecular flexibility index (Phi) is 5.32. The van der Waals surface area contributed by atoms with Crippen LogP contribution in [0.25, 0.3) is 22.6 Å². The molecule has 0 bridgehead atoms. The molecule has 3 heterocycles. The Morgan fingerprint density at radius 2 is 2.16 bits per heavy atom. The quantitative estimate of drug-likeness (QED) is 0.663. The van der Waals surface area contributed by atoms with Gasteiger partial charge in [-0.2, -0.15) is 4.80 Å². The minimum absolute atomic E-state index is 0.204. The van der Waals surface area contributed by atoms with Crippen LogP contribution in [0.4, 0.5) is 14.9 Å². The summed E-state index contributed by atoms with van der Waals surface area (Å²) in [5.74, 6) is -0.330. The van der Waals surface area contributed by atoms with E-state index >= 15 is 0 Å². The maximum atomic E-state index is 15.0. The Balaban J connectivity index is 1.56. The third-order valence-electron chi connectivity index (χ3n) is 4.84. The van der Waals surface area contributed by atoms with Crippen molar-refractivity contribution in [1.82, 2.24) is 30.5 Å². The van der Waals surface area contributed by atoms with Crippen LogP contribution in [-0.4, -0.2) is 56.4 Å². The van der Waals surface area contributed by atoms with Gasteiger partial charge in [-0.15, -0.1) is 10.2 Å². The fourth-order valence-electron chi connectivity index (χ4n) is 3.34. The van der Waals surface area contributed by atoms with Crippen LogP contribution in [0.2, 0.25) is 0 Å². The summed E-state index contributed by atoms with van der Waals surface area (Å²) in [6, 6.07) is 6.39. The molecule has 0 aliphatic carbocycles. The third kappa shape index (κ3) is 4.20. The lowest BCUT2D eigenvalue weighted by Gasteiger charge is -2.17. The molecule has 11 heteroatoms. The molecule has 0 saturated carbocycles. The monoisotopic (exact) mass is 425 g/mol. The van der Waals surface area contributed by atoms with E-state index in [1.807, 2.05) is 0 Å². The Hall–Kier alpha value is -3.89. The van der Waals surface area contributed by atoms with Gasteiger partial charge in [0.2, 0.25) is 11.7 Å². The molecule has 2 amide bonds. The standard InChI is InChI=1S/C20H20FN7O3/c1-11-6-15(13-4-5-17(23-8-13)19-24-26-27(3)25-19)16(21)7-18(11)28-10-14(31-20(28)30)9-22-12(2)29/h4-8,14H,9-10H2,1-3H3,(H,22,29). The predicted octanol–water partition coefficient (Wildman–Crippen LogP) is 1.85. The first kappa shape index (κ1) is 20.4. The Morgan fingerprint density at radius 3 is 2.81 bits per heavy atom. The summed E-state index contributed by atoms with van der Waals surface area (Å²) < 4.78 is 20.2. The predicted molar refractivity (Wildman–Crippen MR) is 108 cm³/mol. The summed E-state index contributed by atoms with van der Waals surface area (Å²) in [5, 5.41) is 14.4. The number of anilines is 1. The zero-order chi connectivity index (χ0) is 22.1. The molecule has 1 fully saturated rings. The molecule has 1 aliphatic rings. The first-order chi connectivity index (χ1) is 14.8. The summed E-state index contributed by atoms with van der Waals surface area (Å²) in [4.78, 5) is 30.3.